The number of hydrogen-bond donors (Lipinski definition) is 1. The first-order valence-corrected chi connectivity index (χ1v) is 15.9. The summed E-state index contributed by atoms with van der Waals surface area (Å²) >= 11 is 0. The van der Waals surface area contributed by atoms with Crippen LogP contribution in [0, 0.1) is 17.2 Å². The fourth-order valence-corrected chi connectivity index (χ4v) is 6.72. The maximum absolute atomic E-state index is 12.6. The molecule has 1 N–H and O–H groups in total. The number of aromatic nitrogens is 2. The van der Waals surface area contributed by atoms with E-state index in [1.807, 2.05) is 46.2 Å². The van der Waals surface area contributed by atoms with Crippen LogP contribution in [0.5, 0.6) is 0 Å². The number of nitrogens with one attached hydrogen (secondary N) is 1. The Morgan fingerprint density at radius 2 is 1.88 bits per heavy atom. The number of ether oxygens (including phenoxy) is 2. The highest BCUT2D eigenvalue weighted by atomic mass is 32.2. The number of rotatable bonds is 17. The molecule has 1 aliphatic rings. The van der Waals surface area contributed by atoms with Crippen LogP contribution in [-0.2, 0) is 32.8 Å². The van der Waals surface area contributed by atoms with Gasteiger partial charge < -0.3 is 18.5 Å². The molecule has 226 valence electrons. The summed E-state index contributed by atoms with van der Waals surface area (Å²) in [5.41, 5.74) is -1.27. The van der Waals surface area contributed by atoms with Crippen LogP contribution in [0.3, 0.4) is 0 Å². The van der Waals surface area contributed by atoms with Crippen LogP contribution in [0.25, 0.3) is 0 Å². The Morgan fingerprint density at radius 3 is 2.42 bits per heavy atom. The summed E-state index contributed by atoms with van der Waals surface area (Å²) in [6, 6.07) is 3.27. The minimum absolute atomic E-state index is 0.0152. The van der Waals surface area contributed by atoms with E-state index in [1.165, 1.54) is 23.9 Å². The number of nitrogens with zero attached hydrogens (tertiary/aromatic N) is 3. The molecule has 2 unspecified atom stereocenters. The monoisotopic (exact) mass is 604 g/mol. The Bertz CT molecular complexity index is 1250. The first-order valence-electron chi connectivity index (χ1n) is 13.2. The molecule has 0 aliphatic carbocycles. The van der Waals surface area contributed by atoms with Crippen LogP contribution < -0.4 is 11.2 Å². The predicted molar refractivity (Wildman–Crippen MR) is 149 cm³/mol. The van der Waals surface area contributed by atoms with Crippen LogP contribution in [0.2, 0.25) is 0 Å². The number of hydrogen-bond acceptors (Lipinski definition) is 11. The topological polar surface area (TPSA) is 162 Å². The Balaban J connectivity index is 2.45. The van der Waals surface area contributed by atoms with Crippen LogP contribution in [-0.4, -0.2) is 66.9 Å². The molecule has 1 aromatic rings. The van der Waals surface area contributed by atoms with Gasteiger partial charge in [-0.1, -0.05) is 13.8 Å². The van der Waals surface area contributed by atoms with E-state index in [1.54, 1.807) is 0 Å². The van der Waals surface area contributed by atoms with E-state index in [-0.39, 0.29) is 67.7 Å². The molecular formula is C25H41N4O9PS. The quantitative estimate of drug-likeness (QED) is 0.158. The van der Waals surface area contributed by atoms with Crippen molar-refractivity contribution in [2.75, 3.05) is 26.1 Å². The third-order valence-corrected chi connectivity index (χ3v) is 8.99. The summed E-state index contributed by atoms with van der Waals surface area (Å²) in [7, 11) is -4.09. The largest absolute Gasteiger partial charge is 0.467 e. The van der Waals surface area contributed by atoms with Crippen molar-refractivity contribution in [2.24, 2.45) is 5.92 Å². The molecule has 40 heavy (non-hydrogen) atoms. The minimum atomic E-state index is -3.76. The van der Waals surface area contributed by atoms with E-state index in [0.717, 1.165) is 0 Å². The molecule has 0 saturated heterocycles. The van der Waals surface area contributed by atoms with Gasteiger partial charge in [-0.25, -0.2) is 9.46 Å². The van der Waals surface area contributed by atoms with Gasteiger partial charge in [0.25, 0.3) is 15.7 Å². The fraction of sp³-hybridized carbons (Fsp3) is 0.720. The maximum Gasteiger partial charge on any atom is 0.331 e. The smallest absolute Gasteiger partial charge is 0.331 e. The second-order valence-corrected chi connectivity index (χ2v) is 13.3. The summed E-state index contributed by atoms with van der Waals surface area (Å²) < 4.78 is 57.4. The lowest BCUT2D eigenvalue weighted by molar-refractivity contribution is -0.0340. The van der Waals surface area contributed by atoms with Gasteiger partial charge in [-0.3, -0.25) is 18.5 Å². The molecule has 3 atom stereocenters. The molecule has 0 spiro atoms. The zero-order valence-electron chi connectivity index (χ0n) is 24.2. The molecule has 2 rings (SSSR count). The molecule has 0 bridgehead atoms. The molecule has 0 radical (unpaired) electrons. The van der Waals surface area contributed by atoms with Crippen molar-refractivity contribution in [3.8, 4) is 6.07 Å². The first-order chi connectivity index (χ1) is 18.8. The lowest BCUT2D eigenvalue weighted by Gasteiger charge is -2.36. The van der Waals surface area contributed by atoms with Gasteiger partial charge in [0.1, 0.15) is 5.76 Å². The molecule has 0 aromatic carbocycles. The highest BCUT2D eigenvalue weighted by Crippen LogP contribution is 2.51. The zero-order chi connectivity index (χ0) is 30.0. The maximum atomic E-state index is 12.6. The Kier molecular flexibility index (Phi) is 13.3. The molecule has 0 saturated carbocycles. The van der Waals surface area contributed by atoms with Gasteiger partial charge in [-0.2, -0.15) is 13.7 Å². The number of nitriles is 1. The third-order valence-electron chi connectivity index (χ3n) is 5.65. The summed E-state index contributed by atoms with van der Waals surface area (Å²) in [4.78, 5) is 26.5. The molecule has 2 heterocycles. The van der Waals surface area contributed by atoms with Crippen molar-refractivity contribution in [2.45, 2.75) is 85.2 Å². The van der Waals surface area contributed by atoms with Gasteiger partial charge in [-0.05, 0) is 40.0 Å². The van der Waals surface area contributed by atoms with Gasteiger partial charge in [0, 0.05) is 37.9 Å². The van der Waals surface area contributed by atoms with Crippen molar-refractivity contribution >= 4 is 18.6 Å². The molecule has 0 amide bonds. The molecule has 1 aliphatic heterocycles. The summed E-state index contributed by atoms with van der Waals surface area (Å²) in [6.45, 7) is 11.9. The normalized spacial score (nSPS) is 18.6. The van der Waals surface area contributed by atoms with Crippen molar-refractivity contribution < 1.29 is 31.1 Å². The molecule has 15 heteroatoms. The van der Waals surface area contributed by atoms with Gasteiger partial charge in [0.05, 0.1) is 31.5 Å². The van der Waals surface area contributed by atoms with Gasteiger partial charge in [0.2, 0.25) is 6.23 Å². The second kappa shape index (κ2) is 15.7. The Labute approximate surface area is 237 Å². The van der Waals surface area contributed by atoms with Gasteiger partial charge in [0.15, 0.2) is 11.9 Å². The van der Waals surface area contributed by atoms with E-state index >= 15 is 0 Å². The summed E-state index contributed by atoms with van der Waals surface area (Å²) in [6.07, 6.45) is -0.208. The number of H-pyrrole nitrogens is 1. The molecule has 0 fully saturated rings. The minimum Gasteiger partial charge on any atom is -0.467 e. The summed E-state index contributed by atoms with van der Waals surface area (Å²) in [5, 5.41) is 9.04. The van der Waals surface area contributed by atoms with E-state index in [2.05, 4.69) is 11.1 Å². The van der Waals surface area contributed by atoms with E-state index in [0.29, 0.717) is 0 Å². The lowest BCUT2D eigenvalue weighted by Crippen LogP contribution is -2.37. The van der Waals surface area contributed by atoms with Gasteiger partial charge >= 0.3 is 14.2 Å². The average Bonchev–Trinajstić information content (AvgIpc) is 3.19. The number of methoxy groups -OCH3 is 1. The van der Waals surface area contributed by atoms with Gasteiger partial charge in [-0.15, -0.1) is 0 Å². The standard InChI is InChI=1S/C25H41N4O9PS/c1-17(2)16-36-40(32,33)15-8-10-20-22(38-39(35-14-9-12-26)29(18(3)4)19(5)6)23(34-7)24(37-20)28-13-11-21(30)27-25(28)31/h11,13,17-19,23-24H,8-10,14-16H2,1-7H3,(H,27,30,31)/t23?,24-,39?/m1/s1. The highest BCUT2D eigenvalue weighted by molar-refractivity contribution is 7.86. The number of allylic oxidation sites excluding steroid dienone is 1. The second-order valence-electron chi connectivity index (χ2n) is 10.2. The molecular weight excluding hydrogens is 563 g/mol. The zero-order valence-corrected chi connectivity index (χ0v) is 25.9. The fourth-order valence-electron chi connectivity index (χ4n) is 3.97. The van der Waals surface area contributed by atoms with Crippen molar-refractivity contribution in [1.82, 2.24) is 14.2 Å². The predicted octanol–water partition coefficient (Wildman–Crippen LogP) is 3.37. The average molecular weight is 605 g/mol. The van der Waals surface area contributed by atoms with Crippen LogP contribution in [0.4, 0.5) is 0 Å². The van der Waals surface area contributed by atoms with Crippen LogP contribution in [0.1, 0.15) is 67.0 Å². The molecule has 1 aromatic heterocycles. The Hall–Kier alpha value is -2.27. The molecule has 13 nitrogen and oxygen atoms in total. The van der Waals surface area contributed by atoms with E-state index in [4.69, 9.17) is 28.0 Å². The first kappa shape index (κ1) is 33.9. The number of aromatic amines is 1. The van der Waals surface area contributed by atoms with Crippen molar-refractivity contribution in [1.29, 1.82) is 5.26 Å². The van der Waals surface area contributed by atoms with Crippen LogP contribution in [0.15, 0.2) is 33.4 Å². The van der Waals surface area contributed by atoms with Crippen LogP contribution >= 0.6 is 8.53 Å². The van der Waals surface area contributed by atoms with Crippen molar-refractivity contribution in [3.05, 3.63) is 44.6 Å². The highest BCUT2D eigenvalue weighted by Gasteiger charge is 2.43. The third kappa shape index (κ3) is 9.68. The van der Waals surface area contributed by atoms with E-state index in [9.17, 15) is 18.0 Å². The Morgan fingerprint density at radius 1 is 1.20 bits per heavy atom. The SMILES string of the molecule is COC1C(OP(OCCC#N)N(C(C)C)C(C)C)=C(CCCS(=O)(=O)OCC(C)C)O[C@H]1n1ccc(=O)[nH]c1=O. The van der Waals surface area contributed by atoms with E-state index < -0.39 is 42.2 Å². The lowest BCUT2D eigenvalue weighted by atomic mass is 10.2. The summed E-state index contributed by atoms with van der Waals surface area (Å²) in [5.74, 6) is 0.344. The van der Waals surface area contributed by atoms with Crippen molar-refractivity contribution in [3.63, 3.8) is 0 Å².